The van der Waals surface area contributed by atoms with Crippen molar-refractivity contribution in [3.8, 4) is 0 Å². The third-order valence-corrected chi connectivity index (χ3v) is 4.33. The molecule has 1 aliphatic rings. The van der Waals surface area contributed by atoms with Crippen LogP contribution >= 0.6 is 11.6 Å². The van der Waals surface area contributed by atoms with Gasteiger partial charge in [-0.2, -0.15) is 0 Å². The summed E-state index contributed by atoms with van der Waals surface area (Å²) in [6, 6.07) is 8.87. The second-order valence-corrected chi connectivity index (χ2v) is 5.55. The molecule has 1 aliphatic carbocycles. The zero-order chi connectivity index (χ0) is 12.8. The average molecular weight is 263 g/mol. The molecule has 1 heteroatoms. The summed E-state index contributed by atoms with van der Waals surface area (Å²) in [4.78, 5) is 0. The fourth-order valence-corrected chi connectivity index (χ4v) is 3.10. The molecule has 0 aromatic heterocycles. The van der Waals surface area contributed by atoms with Crippen LogP contribution in [0, 0.1) is 5.92 Å². The lowest BCUT2D eigenvalue weighted by Gasteiger charge is -2.23. The van der Waals surface area contributed by atoms with Crippen molar-refractivity contribution in [2.24, 2.45) is 5.92 Å². The summed E-state index contributed by atoms with van der Waals surface area (Å²) in [6.45, 7) is 2.19. The molecule has 0 saturated heterocycles. The van der Waals surface area contributed by atoms with E-state index in [-0.39, 0.29) is 0 Å². The second-order valence-electron chi connectivity index (χ2n) is 5.28. The zero-order valence-electron chi connectivity index (χ0n) is 11.3. The first kappa shape index (κ1) is 13.7. The van der Waals surface area contributed by atoms with E-state index >= 15 is 0 Å². The number of aryl methyl sites for hydroxylation is 1. The van der Waals surface area contributed by atoms with Crippen molar-refractivity contribution in [2.45, 2.75) is 45.4 Å². The van der Waals surface area contributed by atoms with E-state index < -0.39 is 0 Å². The van der Waals surface area contributed by atoms with Crippen LogP contribution in [0.2, 0.25) is 0 Å². The Kier molecular flexibility index (Phi) is 5.31. The standard InChI is InChI=1S/C17H23Cl/c1-2-14-8-10-15(11-9-14)12-17(13-18)16-6-4-3-5-7-16/h8-12,16H,2-7,13H2,1H3. The normalized spacial score (nSPS) is 18.0. The summed E-state index contributed by atoms with van der Waals surface area (Å²) in [7, 11) is 0. The molecule has 98 valence electrons. The average Bonchev–Trinajstić information content (AvgIpc) is 2.46. The van der Waals surface area contributed by atoms with Crippen molar-refractivity contribution in [1.82, 2.24) is 0 Å². The summed E-state index contributed by atoms with van der Waals surface area (Å²) in [5, 5.41) is 0. The van der Waals surface area contributed by atoms with Gasteiger partial charge in [0.05, 0.1) is 0 Å². The summed E-state index contributed by atoms with van der Waals surface area (Å²) in [6.07, 6.45) is 10.2. The van der Waals surface area contributed by atoms with Gasteiger partial charge >= 0.3 is 0 Å². The van der Waals surface area contributed by atoms with Gasteiger partial charge in [0.15, 0.2) is 0 Å². The molecule has 0 unspecified atom stereocenters. The van der Waals surface area contributed by atoms with Crippen LogP contribution in [-0.2, 0) is 6.42 Å². The molecule has 0 aliphatic heterocycles. The van der Waals surface area contributed by atoms with Crippen molar-refractivity contribution in [3.05, 3.63) is 41.0 Å². The van der Waals surface area contributed by atoms with Crippen LogP contribution in [0.3, 0.4) is 0 Å². The van der Waals surface area contributed by atoms with Crippen molar-refractivity contribution >= 4 is 17.7 Å². The van der Waals surface area contributed by atoms with Gasteiger partial charge in [0.25, 0.3) is 0 Å². The highest BCUT2D eigenvalue weighted by Gasteiger charge is 2.16. The Balaban J connectivity index is 2.11. The van der Waals surface area contributed by atoms with E-state index in [9.17, 15) is 0 Å². The number of alkyl halides is 1. The molecule has 0 heterocycles. The molecular formula is C17H23Cl. The maximum Gasteiger partial charge on any atom is 0.0439 e. The van der Waals surface area contributed by atoms with Crippen LogP contribution in [0.15, 0.2) is 29.8 Å². The third-order valence-electron chi connectivity index (χ3n) is 4.02. The summed E-state index contributed by atoms with van der Waals surface area (Å²) in [5.41, 5.74) is 4.13. The minimum Gasteiger partial charge on any atom is -0.122 e. The van der Waals surface area contributed by atoms with Crippen molar-refractivity contribution < 1.29 is 0 Å². The van der Waals surface area contributed by atoms with E-state index in [4.69, 9.17) is 11.6 Å². The van der Waals surface area contributed by atoms with Gasteiger partial charge in [0, 0.05) is 5.88 Å². The van der Waals surface area contributed by atoms with Gasteiger partial charge in [0.2, 0.25) is 0 Å². The monoisotopic (exact) mass is 262 g/mol. The summed E-state index contributed by atoms with van der Waals surface area (Å²) < 4.78 is 0. The molecule has 0 N–H and O–H groups in total. The zero-order valence-corrected chi connectivity index (χ0v) is 12.0. The predicted octanol–water partition coefficient (Wildman–Crippen LogP) is 5.45. The topological polar surface area (TPSA) is 0 Å². The molecule has 18 heavy (non-hydrogen) atoms. The van der Waals surface area contributed by atoms with Crippen LogP contribution in [0.5, 0.6) is 0 Å². The number of halogens is 1. The van der Waals surface area contributed by atoms with Crippen molar-refractivity contribution in [1.29, 1.82) is 0 Å². The first-order valence-electron chi connectivity index (χ1n) is 7.19. The van der Waals surface area contributed by atoms with Gasteiger partial charge in [-0.25, -0.2) is 0 Å². The first-order valence-corrected chi connectivity index (χ1v) is 7.72. The maximum atomic E-state index is 6.14. The SMILES string of the molecule is CCc1ccc(C=C(CCl)C2CCCCC2)cc1. The molecule has 0 bridgehead atoms. The van der Waals surface area contributed by atoms with Gasteiger partial charge in [-0.3, -0.25) is 0 Å². The number of rotatable bonds is 4. The first-order chi connectivity index (χ1) is 8.83. The number of benzene rings is 1. The molecular weight excluding hydrogens is 240 g/mol. The van der Waals surface area contributed by atoms with E-state index in [0.717, 1.165) is 12.3 Å². The lowest BCUT2D eigenvalue weighted by Crippen LogP contribution is -2.10. The largest absolute Gasteiger partial charge is 0.122 e. The Morgan fingerprint density at radius 3 is 2.39 bits per heavy atom. The van der Waals surface area contributed by atoms with E-state index in [0.29, 0.717) is 5.88 Å². The Bertz CT molecular complexity index is 383. The van der Waals surface area contributed by atoms with Crippen LogP contribution in [0.4, 0.5) is 0 Å². The molecule has 0 nitrogen and oxygen atoms in total. The highest BCUT2D eigenvalue weighted by atomic mass is 35.5. The van der Waals surface area contributed by atoms with Crippen molar-refractivity contribution in [3.63, 3.8) is 0 Å². The smallest absolute Gasteiger partial charge is 0.0439 e. The Morgan fingerprint density at radius 1 is 1.17 bits per heavy atom. The summed E-state index contributed by atoms with van der Waals surface area (Å²) in [5.74, 6) is 1.40. The Labute approximate surface area is 116 Å². The quantitative estimate of drug-likeness (QED) is 0.633. The van der Waals surface area contributed by atoms with Gasteiger partial charge in [-0.1, -0.05) is 62.1 Å². The number of allylic oxidation sites excluding steroid dienone is 1. The van der Waals surface area contributed by atoms with Crippen LogP contribution in [0.1, 0.15) is 50.2 Å². The fraction of sp³-hybridized carbons (Fsp3) is 0.529. The molecule has 1 aromatic rings. The van der Waals surface area contributed by atoms with Crippen molar-refractivity contribution in [2.75, 3.05) is 5.88 Å². The van der Waals surface area contributed by atoms with E-state index in [1.807, 2.05) is 0 Å². The van der Waals surface area contributed by atoms with Crippen LogP contribution in [-0.4, -0.2) is 5.88 Å². The second kappa shape index (κ2) is 6.99. The summed E-state index contributed by atoms with van der Waals surface area (Å²) >= 11 is 6.14. The van der Waals surface area contributed by atoms with Gasteiger partial charge in [-0.05, 0) is 36.3 Å². The molecule has 0 spiro atoms. The van der Waals surface area contributed by atoms with Gasteiger partial charge < -0.3 is 0 Å². The lowest BCUT2D eigenvalue weighted by atomic mass is 9.83. The molecule has 1 fully saturated rings. The maximum absolute atomic E-state index is 6.14. The third kappa shape index (κ3) is 3.62. The Hall–Kier alpha value is -0.750. The van der Waals surface area contributed by atoms with Gasteiger partial charge in [0.1, 0.15) is 0 Å². The van der Waals surface area contributed by atoms with E-state index in [2.05, 4.69) is 37.3 Å². The highest BCUT2D eigenvalue weighted by molar-refractivity contribution is 6.19. The van der Waals surface area contributed by atoms with Gasteiger partial charge in [-0.15, -0.1) is 11.6 Å². The highest BCUT2D eigenvalue weighted by Crippen LogP contribution is 2.31. The Morgan fingerprint density at radius 2 is 1.83 bits per heavy atom. The number of hydrogen-bond donors (Lipinski definition) is 0. The van der Waals surface area contributed by atoms with E-state index in [1.54, 1.807) is 0 Å². The molecule has 0 atom stereocenters. The minimum atomic E-state index is 0.681. The fourth-order valence-electron chi connectivity index (χ4n) is 2.80. The predicted molar refractivity (Wildman–Crippen MR) is 81.1 cm³/mol. The molecule has 2 rings (SSSR count). The number of hydrogen-bond acceptors (Lipinski definition) is 0. The molecule has 1 aromatic carbocycles. The lowest BCUT2D eigenvalue weighted by molar-refractivity contribution is 0.405. The van der Waals surface area contributed by atoms with E-state index in [1.165, 1.54) is 48.8 Å². The molecule has 0 radical (unpaired) electrons. The van der Waals surface area contributed by atoms with Crippen LogP contribution in [0.25, 0.3) is 6.08 Å². The van der Waals surface area contributed by atoms with Crippen LogP contribution < -0.4 is 0 Å². The minimum absolute atomic E-state index is 0.681. The molecule has 1 saturated carbocycles. The molecule has 0 amide bonds.